The maximum Gasteiger partial charge on any atom is 0.255 e. The van der Waals surface area contributed by atoms with Gasteiger partial charge in [-0.2, -0.15) is 0 Å². The Balaban J connectivity index is 1.68. The van der Waals surface area contributed by atoms with Gasteiger partial charge in [0.1, 0.15) is 5.82 Å². The van der Waals surface area contributed by atoms with Gasteiger partial charge in [-0.25, -0.2) is 12.8 Å². The van der Waals surface area contributed by atoms with Gasteiger partial charge in [-0.15, -0.1) is 0 Å². The van der Waals surface area contributed by atoms with Crippen LogP contribution >= 0.6 is 0 Å². The first kappa shape index (κ1) is 24.0. The highest BCUT2D eigenvalue weighted by atomic mass is 32.2. The number of hydrogen-bond donors (Lipinski definition) is 2. The lowest BCUT2D eigenvalue weighted by Gasteiger charge is -2.37. The minimum Gasteiger partial charge on any atom is -0.372 e. The number of amides is 1. The first-order chi connectivity index (χ1) is 14.9. The number of anilines is 3. The molecule has 2 unspecified atom stereocenters. The molecule has 2 aromatic rings. The SMILES string of the molecule is CC1CN(c2ccc(NC(=O)c3ccc(NS(=O)(=O)C(C)(C)C)cc3)c(F)c2)CC(C)O1. The summed E-state index contributed by atoms with van der Waals surface area (Å²) in [5, 5.41) is 2.57. The molecule has 2 atom stereocenters. The van der Waals surface area contributed by atoms with E-state index in [2.05, 4.69) is 14.9 Å². The number of morpholine rings is 1. The molecule has 1 aliphatic heterocycles. The highest BCUT2D eigenvalue weighted by molar-refractivity contribution is 7.94. The number of rotatable bonds is 5. The number of sulfonamides is 1. The van der Waals surface area contributed by atoms with Gasteiger partial charge >= 0.3 is 0 Å². The highest BCUT2D eigenvalue weighted by Crippen LogP contribution is 2.26. The molecule has 0 radical (unpaired) electrons. The van der Waals surface area contributed by atoms with Crippen LogP contribution in [0.1, 0.15) is 45.0 Å². The van der Waals surface area contributed by atoms with Crippen LogP contribution in [0.5, 0.6) is 0 Å². The molecule has 3 rings (SSSR count). The minimum atomic E-state index is -3.57. The third-order valence-corrected chi connectivity index (χ3v) is 7.31. The molecule has 1 heterocycles. The molecule has 0 saturated carbocycles. The predicted octanol–water partition coefficient (Wildman–Crippen LogP) is 4.23. The van der Waals surface area contributed by atoms with E-state index in [-0.39, 0.29) is 23.5 Å². The summed E-state index contributed by atoms with van der Waals surface area (Å²) >= 11 is 0. The van der Waals surface area contributed by atoms with Crippen molar-refractivity contribution in [2.24, 2.45) is 0 Å². The Kier molecular flexibility index (Phi) is 6.80. The van der Waals surface area contributed by atoms with Crippen LogP contribution in [0.25, 0.3) is 0 Å². The molecule has 0 spiro atoms. The van der Waals surface area contributed by atoms with Crippen LogP contribution in [-0.4, -0.2) is 44.4 Å². The van der Waals surface area contributed by atoms with Crippen molar-refractivity contribution in [3.05, 3.63) is 53.8 Å². The van der Waals surface area contributed by atoms with Gasteiger partial charge in [0.25, 0.3) is 5.91 Å². The molecule has 0 aromatic heterocycles. The molecule has 1 aliphatic rings. The molecule has 1 saturated heterocycles. The summed E-state index contributed by atoms with van der Waals surface area (Å²) in [6.07, 6.45) is 0.106. The largest absolute Gasteiger partial charge is 0.372 e. The second-order valence-corrected chi connectivity index (χ2v) is 11.5. The Bertz CT molecular complexity index is 1070. The van der Waals surface area contributed by atoms with Crippen molar-refractivity contribution >= 4 is 33.0 Å². The zero-order valence-electron chi connectivity index (χ0n) is 19.0. The lowest BCUT2D eigenvalue weighted by Crippen LogP contribution is -2.45. The third-order valence-electron chi connectivity index (χ3n) is 5.19. The first-order valence-electron chi connectivity index (χ1n) is 10.5. The fourth-order valence-electron chi connectivity index (χ4n) is 3.38. The lowest BCUT2D eigenvalue weighted by atomic mass is 10.1. The van der Waals surface area contributed by atoms with E-state index in [1.165, 1.54) is 30.3 Å². The topological polar surface area (TPSA) is 87.7 Å². The zero-order chi connectivity index (χ0) is 23.7. The molecule has 1 amide bonds. The van der Waals surface area contributed by atoms with Crippen LogP contribution in [0.3, 0.4) is 0 Å². The normalized spacial score (nSPS) is 19.5. The van der Waals surface area contributed by atoms with Crippen molar-refractivity contribution in [2.45, 2.75) is 51.6 Å². The van der Waals surface area contributed by atoms with E-state index in [1.54, 1.807) is 32.9 Å². The number of carbonyl (C=O) groups excluding carboxylic acids is 1. The number of carbonyl (C=O) groups is 1. The van der Waals surface area contributed by atoms with Gasteiger partial charge in [0, 0.05) is 30.0 Å². The van der Waals surface area contributed by atoms with Gasteiger partial charge in [0.05, 0.1) is 22.6 Å². The summed E-state index contributed by atoms with van der Waals surface area (Å²) in [5.74, 6) is -1.02. The number of nitrogens with zero attached hydrogens (tertiary/aromatic N) is 1. The molecule has 174 valence electrons. The van der Waals surface area contributed by atoms with E-state index >= 15 is 0 Å². The molecule has 32 heavy (non-hydrogen) atoms. The average Bonchev–Trinajstić information content (AvgIpc) is 2.68. The van der Waals surface area contributed by atoms with E-state index in [4.69, 9.17) is 4.74 Å². The van der Waals surface area contributed by atoms with Crippen LogP contribution in [0.4, 0.5) is 21.5 Å². The molecule has 0 bridgehead atoms. The summed E-state index contributed by atoms with van der Waals surface area (Å²) in [7, 11) is -3.57. The third kappa shape index (κ3) is 5.58. The van der Waals surface area contributed by atoms with Crippen LogP contribution in [0.2, 0.25) is 0 Å². The van der Waals surface area contributed by atoms with Crippen LogP contribution < -0.4 is 14.9 Å². The van der Waals surface area contributed by atoms with Gasteiger partial charge < -0.3 is 15.0 Å². The maximum atomic E-state index is 14.7. The van der Waals surface area contributed by atoms with E-state index in [0.717, 1.165) is 5.69 Å². The standard InChI is InChI=1S/C23H30FN3O4S/c1-15-13-27(14-16(2)31-15)19-10-11-21(20(24)12-19)25-22(28)17-6-8-18(9-7-17)26-32(29,30)23(3,4)5/h6-12,15-16,26H,13-14H2,1-5H3,(H,25,28). The van der Waals surface area contributed by atoms with Crippen molar-refractivity contribution in [3.8, 4) is 0 Å². The van der Waals surface area contributed by atoms with E-state index in [0.29, 0.717) is 18.8 Å². The maximum absolute atomic E-state index is 14.7. The number of benzene rings is 2. The van der Waals surface area contributed by atoms with Gasteiger partial charge in [-0.3, -0.25) is 9.52 Å². The summed E-state index contributed by atoms with van der Waals surface area (Å²) in [6, 6.07) is 10.7. The molecule has 2 aromatic carbocycles. The average molecular weight is 464 g/mol. The smallest absolute Gasteiger partial charge is 0.255 e. The molecule has 7 nitrogen and oxygen atoms in total. The van der Waals surface area contributed by atoms with Crippen LogP contribution in [0, 0.1) is 5.82 Å². The first-order valence-corrected chi connectivity index (χ1v) is 12.0. The number of nitrogens with one attached hydrogen (secondary N) is 2. The summed E-state index contributed by atoms with van der Waals surface area (Å²) in [6.45, 7) is 10.1. The van der Waals surface area contributed by atoms with Crippen molar-refractivity contribution in [1.82, 2.24) is 0 Å². The van der Waals surface area contributed by atoms with E-state index in [1.807, 2.05) is 13.8 Å². The van der Waals surface area contributed by atoms with Gasteiger partial charge in [-0.1, -0.05) is 0 Å². The fourth-order valence-corrected chi connectivity index (χ4v) is 4.14. The Morgan fingerprint density at radius 1 is 1.06 bits per heavy atom. The van der Waals surface area contributed by atoms with Gasteiger partial charge in [0.15, 0.2) is 0 Å². The van der Waals surface area contributed by atoms with Crippen molar-refractivity contribution < 1.29 is 22.3 Å². The predicted molar refractivity (Wildman–Crippen MR) is 125 cm³/mol. The number of halogens is 1. The molecule has 0 aliphatic carbocycles. The minimum absolute atomic E-state index is 0.0528. The second-order valence-electron chi connectivity index (χ2n) is 9.08. The van der Waals surface area contributed by atoms with Crippen molar-refractivity contribution in [3.63, 3.8) is 0 Å². The summed E-state index contributed by atoms with van der Waals surface area (Å²) in [5.41, 5.74) is 1.44. The Morgan fingerprint density at radius 3 is 2.19 bits per heavy atom. The zero-order valence-corrected chi connectivity index (χ0v) is 19.8. The quantitative estimate of drug-likeness (QED) is 0.693. The number of hydrogen-bond acceptors (Lipinski definition) is 5. The fraction of sp³-hybridized carbons (Fsp3) is 0.435. The Hall–Kier alpha value is -2.65. The lowest BCUT2D eigenvalue weighted by molar-refractivity contribution is -0.00523. The molecular formula is C23H30FN3O4S. The Labute approximate surface area is 189 Å². The molecule has 9 heteroatoms. The number of ether oxygens (including phenoxy) is 1. The van der Waals surface area contributed by atoms with E-state index < -0.39 is 26.5 Å². The molecule has 2 N–H and O–H groups in total. The van der Waals surface area contributed by atoms with Crippen molar-refractivity contribution in [1.29, 1.82) is 0 Å². The highest BCUT2D eigenvalue weighted by Gasteiger charge is 2.29. The second kappa shape index (κ2) is 9.07. The summed E-state index contributed by atoms with van der Waals surface area (Å²) in [4.78, 5) is 14.6. The van der Waals surface area contributed by atoms with Gasteiger partial charge in [-0.05, 0) is 77.1 Å². The van der Waals surface area contributed by atoms with Gasteiger partial charge in [0.2, 0.25) is 10.0 Å². The monoisotopic (exact) mass is 463 g/mol. The Morgan fingerprint density at radius 2 is 1.66 bits per heavy atom. The summed E-state index contributed by atoms with van der Waals surface area (Å²) < 4.78 is 46.4. The van der Waals surface area contributed by atoms with Crippen LogP contribution in [-0.2, 0) is 14.8 Å². The molecular weight excluding hydrogens is 433 g/mol. The van der Waals surface area contributed by atoms with Crippen LogP contribution in [0.15, 0.2) is 42.5 Å². The van der Waals surface area contributed by atoms with E-state index in [9.17, 15) is 17.6 Å². The van der Waals surface area contributed by atoms with Crippen molar-refractivity contribution in [2.75, 3.05) is 28.0 Å². The molecule has 1 fully saturated rings.